The summed E-state index contributed by atoms with van der Waals surface area (Å²) in [7, 11) is 0. The lowest BCUT2D eigenvalue weighted by Gasteiger charge is -2.09. The zero-order valence-electron chi connectivity index (χ0n) is 8.67. The summed E-state index contributed by atoms with van der Waals surface area (Å²) in [5.74, 6) is -0.179. The van der Waals surface area contributed by atoms with Crippen molar-refractivity contribution >= 4 is 11.8 Å². The lowest BCUT2D eigenvalue weighted by Crippen LogP contribution is -2.22. The predicted molar refractivity (Wildman–Crippen MR) is 60.0 cm³/mol. The normalized spacial score (nSPS) is 12.8. The van der Waals surface area contributed by atoms with Crippen LogP contribution in [0.5, 0.6) is 0 Å². The molecule has 84 valence electrons. The highest BCUT2D eigenvalue weighted by molar-refractivity contribution is 7.99. The Hall–Kier alpha value is -0.610. The van der Waals surface area contributed by atoms with Crippen LogP contribution in [-0.4, -0.2) is 11.8 Å². The van der Waals surface area contributed by atoms with E-state index in [-0.39, 0.29) is 11.9 Å². The van der Waals surface area contributed by atoms with Gasteiger partial charge in [-0.05, 0) is 24.6 Å². The van der Waals surface area contributed by atoms with E-state index in [9.17, 15) is 8.78 Å². The Balaban J connectivity index is 2.53. The van der Waals surface area contributed by atoms with Gasteiger partial charge in [-0.3, -0.25) is 0 Å². The summed E-state index contributed by atoms with van der Waals surface area (Å²) in [6, 6.07) is 3.51. The van der Waals surface area contributed by atoms with Crippen molar-refractivity contribution in [1.29, 1.82) is 0 Å². The number of thioether (sulfide) groups is 1. The van der Waals surface area contributed by atoms with Crippen molar-refractivity contribution in [2.45, 2.75) is 30.7 Å². The molecular weight excluding hydrogens is 216 g/mol. The van der Waals surface area contributed by atoms with Crippen LogP contribution in [0, 0.1) is 11.6 Å². The fraction of sp³-hybridized carbons (Fsp3) is 0.455. The second kappa shape index (κ2) is 6.08. The molecule has 1 nitrogen and oxygen atoms in total. The Bertz CT molecular complexity index is 317. The van der Waals surface area contributed by atoms with Gasteiger partial charge in [-0.15, -0.1) is 11.8 Å². The fourth-order valence-corrected chi connectivity index (χ4v) is 2.20. The molecule has 1 atom stereocenters. The van der Waals surface area contributed by atoms with Crippen molar-refractivity contribution in [1.82, 2.24) is 0 Å². The maximum Gasteiger partial charge on any atom is 0.136 e. The van der Waals surface area contributed by atoms with Gasteiger partial charge in [-0.25, -0.2) is 8.78 Å². The first kappa shape index (κ1) is 12.5. The van der Waals surface area contributed by atoms with Crippen LogP contribution in [0.25, 0.3) is 0 Å². The molecule has 0 heterocycles. The van der Waals surface area contributed by atoms with Crippen LogP contribution in [-0.2, 0) is 0 Å². The van der Waals surface area contributed by atoms with Gasteiger partial charge in [-0.1, -0.05) is 13.3 Å². The van der Waals surface area contributed by atoms with Crippen LogP contribution in [0.1, 0.15) is 19.8 Å². The molecule has 0 bridgehead atoms. The molecule has 1 unspecified atom stereocenters. The highest BCUT2D eigenvalue weighted by Gasteiger charge is 2.07. The SMILES string of the molecule is CCCC(N)CSc1cc(F)ccc1F. The van der Waals surface area contributed by atoms with Gasteiger partial charge in [0.2, 0.25) is 0 Å². The minimum absolute atomic E-state index is 0.0441. The molecule has 0 radical (unpaired) electrons. The molecule has 4 heteroatoms. The van der Waals surface area contributed by atoms with Crippen molar-refractivity contribution in [3.8, 4) is 0 Å². The molecule has 0 spiro atoms. The molecule has 0 aliphatic heterocycles. The van der Waals surface area contributed by atoms with Crippen molar-refractivity contribution in [3.63, 3.8) is 0 Å². The van der Waals surface area contributed by atoms with E-state index >= 15 is 0 Å². The molecule has 2 N–H and O–H groups in total. The Morgan fingerprint density at radius 3 is 2.80 bits per heavy atom. The lowest BCUT2D eigenvalue weighted by molar-refractivity contribution is 0.576. The van der Waals surface area contributed by atoms with E-state index in [0.717, 1.165) is 25.0 Å². The van der Waals surface area contributed by atoms with Crippen LogP contribution in [0.4, 0.5) is 8.78 Å². The van der Waals surface area contributed by atoms with Gasteiger partial charge in [0, 0.05) is 16.7 Å². The zero-order valence-corrected chi connectivity index (χ0v) is 9.49. The third kappa shape index (κ3) is 4.18. The molecule has 1 aromatic carbocycles. The quantitative estimate of drug-likeness (QED) is 0.788. The monoisotopic (exact) mass is 231 g/mol. The number of rotatable bonds is 5. The molecule has 0 saturated heterocycles. The van der Waals surface area contributed by atoms with Crippen LogP contribution in [0.15, 0.2) is 23.1 Å². The van der Waals surface area contributed by atoms with E-state index in [1.165, 1.54) is 17.8 Å². The fourth-order valence-electron chi connectivity index (χ4n) is 1.24. The Morgan fingerprint density at radius 2 is 2.13 bits per heavy atom. The van der Waals surface area contributed by atoms with E-state index in [1.54, 1.807) is 0 Å². The summed E-state index contributed by atoms with van der Waals surface area (Å²) in [4.78, 5) is 0.335. The molecule has 0 aromatic heterocycles. The second-order valence-corrected chi connectivity index (χ2v) is 4.50. The minimum atomic E-state index is -0.414. The van der Waals surface area contributed by atoms with Crippen LogP contribution in [0.2, 0.25) is 0 Å². The van der Waals surface area contributed by atoms with Crippen LogP contribution < -0.4 is 5.73 Å². The van der Waals surface area contributed by atoms with Crippen LogP contribution in [0.3, 0.4) is 0 Å². The average Bonchev–Trinajstić information content (AvgIpc) is 2.20. The minimum Gasteiger partial charge on any atom is -0.327 e. The predicted octanol–water partition coefficient (Wildman–Crippen LogP) is 3.18. The van der Waals surface area contributed by atoms with Gasteiger partial charge in [0.1, 0.15) is 11.6 Å². The molecule has 0 amide bonds. The molecule has 1 rings (SSSR count). The molecule has 0 aliphatic rings. The molecular formula is C11H15F2NS. The van der Waals surface area contributed by atoms with E-state index < -0.39 is 5.82 Å². The summed E-state index contributed by atoms with van der Waals surface area (Å²) < 4.78 is 26.0. The zero-order chi connectivity index (χ0) is 11.3. The third-order valence-corrected chi connectivity index (χ3v) is 3.22. The summed E-state index contributed by atoms with van der Waals surface area (Å²) >= 11 is 1.27. The smallest absolute Gasteiger partial charge is 0.136 e. The highest BCUT2D eigenvalue weighted by atomic mass is 32.2. The summed E-state index contributed by atoms with van der Waals surface area (Å²) in [6.45, 7) is 2.05. The van der Waals surface area contributed by atoms with Gasteiger partial charge in [0.25, 0.3) is 0 Å². The number of halogens is 2. The Labute approximate surface area is 93.1 Å². The standard InChI is InChI=1S/C11H15F2NS/c1-2-3-9(14)7-15-11-6-8(12)4-5-10(11)13/h4-6,9H,2-3,7,14H2,1H3. The number of hydrogen-bond donors (Lipinski definition) is 1. The summed E-state index contributed by atoms with van der Waals surface area (Å²) in [5.41, 5.74) is 5.78. The molecule has 0 saturated carbocycles. The maximum absolute atomic E-state index is 13.2. The number of benzene rings is 1. The lowest BCUT2D eigenvalue weighted by atomic mass is 10.2. The third-order valence-electron chi connectivity index (χ3n) is 2.01. The topological polar surface area (TPSA) is 26.0 Å². The van der Waals surface area contributed by atoms with Gasteiger partial charge >= 0.3 is 0 Å². The number of nitrogens with two attached hydrogens (primary N) is 1. The molecule has 15 heavy (non-hydrogen) atoms. The molecule has 1 aromatic rings. The largest absolute Gasteiger partial charge is 0.327 e. The van der Waals surface area contributed by atoms with E-state index in [1.807, 2.05) is 6.92 Å². The maximum atomic E-state index is 13.2. The first-order valence-corrected chi connectivity index (χ1v) is 5.95. The van der Waals surface area contributed by atoms with Crippen molar-refractivity contribution < 1.29 is 8.78 Å². The van der Waals surface area contributed by atoms with Crippen molar-refractivity contribution in [2.75, 3.05) is 5.75 Å². The van der Waals surface area contributed by atoms with Crippen molar-refractivity contribution in [3.05, 3.63) is 29.8 Å². The summed E-state index contributed by atoms with van der Waals surface area (Å²) in [5, 5.41) is 0. The molecule has 0 aliphatic carbocycles. The van der Waals surface area contributed by atoms with Gasteiger partial charge < -0.3 is 5.73 Å². The van der Waals surface area contributed by atoms with Gasteiger partial charge in [0.05, 0.1) is 0 Å². The van der Waals surface area contributed by atoms with E-state index in [4.69, 9.17) is 5.73 Å². The first-order chi connectivity index (χ1) is 7.13. The van der Waals surface area contributed by atoms with E-state index in [2.05, 4.69) is 0 Å². The van der Waals surface area contributed by atoms with Gasteiger partial charge in [0.15, 0.2) is 0 Å². The Morgan fingerprint density at radius 1 is 1.40 bits per heavy atom. The van der Waals surface area contributed by atoms with Crippen LogP contribution >= 0.6 is 11.8 Å². The first-order valence-electron chi connectivity index (χ1n) is 4.97. The van der Waals surface area contributed by atoms with E-state index in [0.29, 0.717) is 10.6 Å². The average molecular weight is 231 g/mol. The number of hydrogen-bond acceptors (Lipinski definition) is 2. The van der Waals surface area contributed by atoms with Crippen molar-refractivity contribution in [2.24, 2.45) is 5.73 Å². The summed E-state index contributed by atoms with van der Waals surface area (Å²) in [6.07, 6.45) is 1.91. The molecule has 0 fully saturated rings. The second-order valence-electron chi connectivity index (χ2n) is 3.43. The van der Waals surface area contributed by atoms with Gasteiger partial charge in [-0.2, -0.15) is 0 Å². The highest BCUT2D eigenvalue weighted by Crippen LogP contribution is 2.23. The Kier molecular flexibility index (Phi) is 5.05.